The lowest BCUT2D eigenvalue weighted by Crippen LogP contribution is -2.57. The van der Waals surface area contributed by atoms with E-state index in [0.717, 1.165) is 19.6 Å². The minimum absolute atomic E-state index is 0.0627. The van der Waals surface area contributed by atoms with Gasteiger partial charge in [0.25, 0.3) is 0 Å². The molecule has 19 heavy (non-hydrogen) atoms. The number of rotatable bonds is 2. The van der Waals surface area contributed by atoms with E-state index >= 15 is 0 Å². The van der Waals surface area contributed by atoms with E-state index < -0.39 is 0 Å². The van der Waals surface area contributed by atoms with E-state index in [4.69, 9.17) is 0 Å². The SMILES string of the molecule is Cc1c[c]ccc1N1CCN(C)C(C(=O)N(C)C)C1. The van der Waals surface area contributed by atoms with E-state index in [1.54, 1.807) is 4.90 Å². The highest BCUT2D eigenvalue weighted by Gasteiger charge is 2.31. The minimum atomic E-state index is -0.0627. The van der Waals surface area contributed by atoms with Crippen molar-refractivity contribution < 1.29 is 4.79 Å². The number of amides is 1. The van der Waals surface area contributed by atoms with Gasteiger partial charge in [-0.1, -0.05) is 6.07 Å². The Morgan fingerprint density at radius 2 is 2.16 bits per heavy atom. The third-order valence-electron chi connectivity index (χ3n) is 3.76. The summed E-state index contributed by atoms with van der Waals surface area (Å²) in [6.45, 7) is 4.70. The van der Waals surface area contributed by atoms with Gasteiger partial charge in [-0.05, 0) is 37.7 Å². The van der Waals surface area contributed by atoms with Crippen LogP contribution in [0.15, 0.2) is 18.2 Å². The van der Waals surface area contributed by atoms with Crippen LogP contribution >= 0.6 is 0 Å². The molecule has 1 heterocycles. The molecule has 1 aliphatic rings. The predicted molar refractivity (Wildman–Crippen MR) is 77.3 cm³/mol. The first-order chi connectivity index (χ1) is 9.00. The number of hydrogen-bond donors (Lipinski definition) is 0. The molecule has 0 saturated carbocycles. The molecular weight excluding hydrogens is 238 g/mol. The standard InChI is InChI=1S/C15H22N3O/c1-12-7-5-6-8-13(12)18-10-9-17(4)14(11-18)15(19)16(2)3/h6-8,14H,9-11H2,1-4H3. The second-order valence-electron chi connectivity index (χ2n) is 5.39. The molecule has 1 aromatic carbocycles. The topological polar surface area (TPSA) is 26.8 Å². The molecule has 0 aromatic heterocycles. The Morgan fingerprint density at radius 3 is 2.79 bits per heavy atom. The number of piperazine rings is 1. The zero-order chi connectivity index (χ0) is 14.0. The molecule has 1 unspecified atom stereocenters. The number of benzene rings is 1. The lowest BCUT2D eigenvalue weighted by molar-refractivity contribution is -0.134. The molecule has 1 atom stereocenters. The normalized spacial score (nSPS) is 20.4. The van der Waals surface area contributed by atoms with Gasteiger partial charge < -0.3 is 9.80 Å². The fourth-order valence-electron chi connectivity index (χ4n) is 2.52. The third-order valence-corrected chi connectivity index (χ3v) is 3.76. The average Bonchev–Trinajstić information content (AvgIpc) is 2.39. The molecule has 1 fully saturated rings. The van der Waals surface area contributed by atoms with Crippen molar-refractivity contribution in [1.82, 2.24) is 9.80 Å². The van der Waals surface area contributed by atoms with Gasteiger partial charge in [-0.15, -0.1) is 0 Å². The molecule has 0 aliphatic carbocycles. The van der Waals surface area contributed by atoms with Crippen LogP contribution in [0.5, 0.6) is 0 Å². The highest BCUT2D eigenvalue weighted by Crippen LogP contribution is 2.22. The first-order valence-corrected chi connectivity index (χ1v) is 6.63. The van der Waals surface area contributed by atoms with Crippen molar-refractivity contribution in [3.63, 3.8) is 0 Å². The number of likely N-dealkylation sites (N-methyl/N-ethyl adjacent to an activating group) is 2. The highest BCUT2D eigenvalue weighted by atomic mass is 16.2. The molecule has 1 aliphatic heterocycles. The lowest BCUT2D eigenvalue weighted by Gasteiger charge is -2.41. The van der Waals surface area contributed by atoms with Crippen molar-refractivity contribution in [1.29, 1.82) is 0 Å². The Labute approximate surface area is 115 Å². The summed E-state index contributed by atoms with van der Waals surface area (Å²) in [6, 6.07) is 9.04. The van der Waals surface area contributed by atoms with Gasteiger partial charge in [0.15, 0.2) is 0 Å². The largest absolute Gasteiger partial charge is 0.368 e. The van der Waals surface area contributed by atoms with E-state index in [0.29, 0.717) is 0 Å². The molecule has 4 heteroatoms. The molecule has 1 saturated heterocycles. The van der Waals surface area contributed by atoms with Crippen LogP contribution in [0.2, 0.25) is 0 Å². The summed E-state index contributed by atoms with van der Waals surface area (Å²) >= 11 is 0. The Morgan fingerprint density at radius 1 is 1.42 bits per heavy atom. The maximum atomic E-state index is 12.2. The van der Waals surface area contributed by atoms with E-state index in [1.165, 1.54) is 11.3 Å². The number of anilines is 1. The van der Waals surface area contributed by atoms with Crippen molar-refractivity contribution in [3.05, 3.63) is 29.8 Å². The van der Waals surface area contributed by atoms with Gasteiger partial charge in [0.2, 0.25) is 5.91 Å². The molecule has 2 rings (SSSR count). The molecular formula is C15H22N3O. The van der Waals surface area contributed by atoms with Crippen LogP contribution in [0.4, 0.5) is 5.69 Å². The van der Waals surface area contributed by atoms with Crippen LogP contribution in [-0.4, -0.2) is 62.5 Å². The monoisotopic (exact) mass is 260 g/mol. The summed E-state index contributed by atoms with van der Waals surface area (Å²) in [5, 5.41) is 0. The first kappa shape index (κ1) is 13.9. The first-order valence-electron chi connectivity index (χ1n) is 6.63. The summed E-state index contributed by atoms with van der Waals surface area (Å²) in [4.78, 5) is 18.3. The second kappa shape index (κ2) is 5.61. The van der Waals surface area contributed by atoms with Crippen LogP contribution in [0, 0.1) is 13.0 Å². The lowest BCUT2D eigenvalue weighted by atomic mass is 10.1. The van der Waals surface area contributed by atoms with Crippen LogP contribution in [0.1, 0.15) is 5.56 Å². The van der Waals surface area contributed by atoms with Crippen LogP contribution in [0.25, 0.3) is 0 Å². The van der Waals surface area contributed by atoms with Gasteiger partial charge in [-0.3, -0.25) is 9.69 Å². The molecule has 103 valence electrons. The van der Waals surface area contributed by atoms with Gasteiger partial charge in [0.1, 0.15) is 6.04 Å². The van der Waals surface area contributed by atoms with Crippen molar-refractivity contribution in [2.24, 2.45) is 0 Å². The van der Waals surface area contributed by atoms with E-state index in [2.05, 4.69) is 28.9 Å². The van der Waals surface area contributed by atoms with Gasteiger partial charge in [-0.2, -0.15) is 0 Å². The van der Waals surface area contributed by atoms with Gasteiger partial charge in [0.05, 0.1) is 0 Å². The molecule has 0 bridgehead atoms. The third kappa shape index (κ3) is 2.89. The fraction of sp³-hybridized carbons (Fsp3) is 0.533. The van der Waals surface area contributed by atoms with Crippen LogP contribution < -0.4 is 4.90 Å². The summed E-state index contributed by atoms with van der Waals surface area (Å²) in [7, 11) is 5.66. The van der Waals surface area contributed by atoms with Crippen LogP contribution in [0.3, 0.4) is 0 Å². The number of carbonyl (C=O) groups is 1. The molecule has 1 radical (unpaired) electrons. The van der Waals surface area contributed by atoms with Gasteiger partial charge in [-0.25, -0.2) is 0 Å². The Balaban J connectivity index is 2.18. The fourth-order valence-corrected chi connectivity index (χ4v) is 2.52. The van der Waals surface area contributed by atoms with Crippen molar-refractivity contribution in [2.45, 2.75) is 13.0 Å². The molecule has 0 N–H and O–H groups in total. The summed E-state index contributed by atoms with van der Waals surface area (Å²) in [5.41, 5.74) is 2.42. The molecule has 1 aromatic rings. The van der Waals surface area contributed by atoms with E-state index in [1.807, 2.05) is 33.3 Å². The highest BCUT2D eigenvalue weighted by molar-refractivity contribution is 5.82. The molecule has 0 spiro atoms. The Hall–Kier alpha value is -1.55. The number of aryl methyl sites for hydroxylation is 1. The minimum Gasteiger partial charge on any atom is -0.368 e. The van der Waals surface area contributed by atoms with Crippen molar-refractivity contribution >= 4 is 11.6 Å². The van der Waals surface area contributed by atoms with Crippen molar-refractivity contribution in [3.8, 4) is 0 Å². The van der Waals surface area contributed by atoms with Gasteiger partial charge in [0, 0.05) is 39.4 Å². The quantitative estimate of drug-likeness (QED) is 0.794. The maximum absolute atomic E-state index is 12.2. The zero-order valence-corrected chi connectivity index (χ0v) is 12.2. The van der Waals surface area contributed by atoms with E-state index in [-0.39, 0.29) is 11.9 Å². The zero-order valence-electron chi connectivity index (χ0n) is 12.2. The molecule has 1 amide bonds. The van der Waals surface area contributed by atoms with Gasteiger partial charge >= 0.3 is 0 Å². The second-order valence-corrected chi connectivity index (χ2v) is 5.39. The Bertz CT molecular complexity index is 458. The average molecular weight is 260 g/mol. The number of hydrogen-bond acceptors (Lipinski definition) is 3. The van der Waals surface area contributed by atoms with E-state index in [9.17, 15) is 4.79 Å². The maximum Gasteiger partial charge on any atom is 0.241 e. The van der Waals surface area contributed by atoms with Crippen molar-refractivity contribution in [2.75, 3.05) is 45.7 Å². The smallest absolute Gasteiger partial charge is 0.241 e. The summed E-state index contributed by atoms with van der Waals surface area (Å²) in [6.07, 6.45) is 0. The summed E-state index contributed by atoms with van der Waals surface area (Å²) < 4.78 is 0. The van der Waals surface area contributed by atoms with Crippen LogP contribution in [-0.2, 0) is 4.79 Å². The number of carbonyl (C=O) groups excluding carboxylic acids is 1. The summed E-state index contributed by atoms with van der Waals surface area (Å²) in [5.74, 6) is 0.173. The predicted octanol–water partition coefficient (Wildman–Crippen LogP) is 1.00. The number of nitrogens with zero attached hydrogens (tertiary/aromatic N) is 3. The molecule has 4 nitrogen and oxygen atoms in total. The Kier molecular flexibility index (Phi) is 4.10.